The van der Waals surface area contributed by atoms with Gasteiger partial charge in [-0.25, -0.2) is 0 Å². The highest BCUT2D eigenvalue weighted by atomic mass is 32.2. The van der Waals surface area contributed by atoms with Crippen LogP contribution in [0.25, 0.3) is 34.1 Å². The zero-order valence-corrected chi connectivity index (χ0v) is 16.5. The van der Waals surface area contributed by atoms with Gasteiger partial charge in [0.1, 0.15) is 5.25 Å². The summed E-state index contributed by atoms with van der Waals surface area (Å²) in [6.45, 7) is 2.27. The van der Waals surface area contributed by atoms with Gasteiger partial charge >= 0.3 is 5.97 Å². The Morgan fingerprint density at radius 1 is 1.19 bits per heavy atom. The maximum absolute atomic E-state index is 12.3. The molecule has 5 rings (SSSR count). The van der Waals surface area contributed by atoms with Crippen molar-refractivity contribution >= 4 is 52.4 Å². The van der Waals surface area contributed by atoms with E-state index < -0.39 is 0 Å². The molecule has 0 bridgehead atoms. The smallest absolute Gasteiger partial charge is 0.323 e. The van der Waals surface area contributed by atoms with Crippen LogP contribution in [-0.2, 0) is 15.3 Å². The SMILES string of the molecule is CCOC(=O)C1C=c2c(ccc3c4cccc-4c4c(cc23)=CC=CS4)CS1. The van der Waals surface area contributed by atoms with Crippen LogP contribution in [-0.4, -0.2) is 17.8 Å². The topological polar surface area (TPSA) is 26.3 Å². The lowest BCUT2D eigenvalue weighted by atomic mass is 10.0. The van der Waals surface area contributed by atoms with Gasteiger partial charge in [-0.3, -0.25) is 4.79 Å². The van der Waals surface area contributed by atoms with E-state index in [-0.39, 0.29) is 11.2 Å². The second-order valence-corrected chi connectivity index (χ2v) is 8.69. The van der Waals surface area contributed by atoms with E-state index in [1.54, 1.807) is 23.5 Å². The van der Waals surface area contributed by atoms with Gasteiger partial charge in [0, 0.05) is 10.6 Å². The fourth-order valence-corrected chi connectivity index (χ4v) is 5.78. The minimum Gasteiger partial charge on any atom is -0.465 e. The Bertz CT molecular complexity index is 1190. The van der Waals surface area contributed by atoms with Gasteiger partial charge in [-0.15, -0.1) is 11.8 Å². The van der Waals surface area contributed by atoms with Gasteiger partial charge in [0.2, 0.25) is 0 Å². The molecule has 27 heavy (non-hydrogen) atoms. The summed E-state index contributed by atoms with van der Waals surface area (Å²) in [6, 6.07) is 13.3. The molecule has 0 N–H and O–H groups in total. The molecule has 4 heteroatoms. The number of fused-ring (bicyclic) bond motifs is 7. The van der Waals surface area contributed by atoms with Crippen LogP contribution in [0.4, 0.5) is 0 Å². The molecule has 4 aliphatic rings. The van der Waals surface area contributed by atoms with Crippen molar-refractivity contribution in [3.63, 3.8) is 0 Å². The maximum atomic E-state index is 12.3. The van der Waals surface area contributed by atoms with Gasteiger partial charge in [-0.05, 0) is 56.3 Å². The molecular weight excluding hydrogens is 372 g/mol. The van der Waals surface area contributed by atoms with Crippen molar-refractivity contribution in [2.45, 2.75) is 22.8 Å². The third-order valence-electron chi connectivity index (χ3n) is 5.09. The largest absolute Gasteiger partial charge is 0.465 e. The number of carbonyl (C=O) groups excluding carboxylic acids is 1. The molecule has 0 spiro atoms. The summed E-state index contributed by atoms with van der Waals surface area (Å²) in [4.78, 5) is 13.6. The number of ether oxygens (including phenoxy) is 1. The molecule has 0 fully saturated rings. The van der Waals surface area contributed by atoms with E-state index >= 15 is 0 Å². The fraction of sp³-hybridized carbons (Fsp3) is 0.174. The molecule has 1 atom stereocenters. The van der Waals surface area contributed by atoms with E-state index in [2.05, 4.69) is 60.0 Å². The minimum atomic E-state index is -0.238. The molecule has 0 saturated heterocycles. The van der Waals surface area contributed by atoms with Crippen molar-refractivity contribution in [3.8, 4) is 11.1 Å². The molecular formula is C23H18O2S2. The quantitative estimate of drug-likeness (QED) is 0.610. The second kappa shape index (κ2) is 6.77. The highest BCUT2D eigenvalue weighted by Gasteiger charge is 2.23. The zero-order chi connectivity index (χ0) is 18.4. The molecule has 0 amide bonds. The minimum absolute atomic E-state index is 0.143. The first-order valence-electron chi connectivity index (χ1n) is 9.07. The van der Waals surface area contributed by atoms with Crippen LogP contribution in [0.5, 0.6) is 0 Å². The molecule has 0 radical (unpaired) electrons. The second-order valence-electron chi connectivity index (χ2n) is 6.64. The van der Waals surface area contributed by atoms with Crippen LogP contribution in [0, 0.1) is 0 Å². The molecule has 2 aliphatic heterocycles. The van der Waals surface area contributed by atoms with Crippen LogP contribution in [0.2, 0.25) is 0 Å². The Hall–Kier alpha value is -2.17. The summed E-state index contributed by atoms with van der Waals surface area (Å²) >= 11 is 3.42. The molecule has 134 valence electrons. The highest BCUT2D eigenvalue weighted by molar-refractivity contribution is 8.02. The van der Waals surface area contributed by atoms with Crippen molar-refractivity contribution in [2.75, 3.05) is 6.61 Å². The van der Waals surface area contributed by atoms with Crippen molar-refractivity contribution in [1.29, 1.82) is 0 Å². The number of hydrogen-bond donors (Lipinski definition) is 0. The van der Waals surface area contributed by atoms with E-state index in [9.17, 15) is 4.79 Å². The van der Waals surface area contributed by atoms with Crippen molar-refractivity contribution < 1.29 is 9.53 Å². The van der Waals surface area contributed by atoms with Gasteiger partial charge in [0.25, 0.3) is 0 Å². The number of esters is 1. The lowest BCUT2D eigenvalue weighted by Gasteiger charge is -2.18. The summed E-state index contributed by atoms with van der Waals surface area (Å²) in [5.41, 5.74) is 3.84. The van der Waals surface area contributed by atoms with Crippen LogP contribution in [0.15, 0.2) is 52.8 Å². The fourth-order valence-electron chi connectivity index (χ4n) is 3.87. The number of thioether (sulfide) groups is 2. The molecule has 2 nitrogen and oxygen atoms in total. The molecule has 0 saturated carbocycles. The average Bonchev–Trinajstić information content (AvgIpc) is 3.13. The number of carbonyl (C=O) groups is 1. The lowest BCUT2D eigenvalue weighted by Crippen LogP contribution is -2.26. The predicted octanol–water partition coefficient (Wildman–Crippen LogP) is 4.30. The summed E-state index contributed by atoms with van der Waals surface area (Å²) in [5, 5.41) is 6.76. The van der Waals surface area contributed by atoms with Crippen molar-refractivity contribution in [2.24, 2.45) is 0 Å². The number of hydrogen-bond acceptors (Lipinski definition) is 4. The lowest BCUT2D eigenvalue weighted by molar-refractivity contribution is -0.141. The third-order valence-corrected chi connectivity index (χ3v) is 7.24. The Balaban J connectivity index is 1.86. The van der Waals surface area contributed by atoms with E-state index in [0.29, 0.717) is 6.61 Å². The van der Waals surface area contributed by atoms with E-state index in [0.717, 1.165) is 5.75 Å². The van der Waals surface area contributed by atoms with Crippen LogP contribution in [0.3, 0.4) is 0 Å². The summed E-state index contributed by atoms with van der Waals surface area (Å²) < 4.78 is 5.27. The number of allylic oxidation sites excluding steroid dienone is 1. The molecule has 2 aliphatic carbocycles. The first-order valence-corrected chi connectivity index (χ1v) is 11.0. The molecule has 1 unspecified atom stereocenters. The summed E-state index contributed by atoms with van der Waals surface area (Å²) in [6.07, 6.45) is 6.37. The van der Waals surface area contributed by atoms with Crippen LogP contribution < -0.4 is 10.4 Å². The molecule has 1 aromatic rings. The first kappa shape index (κ1) is 17.0. The summed E-state index contributed by atoms with van der Waals surface area (Å²) in [7, 11) is 0. The average molecular weight is 391 g/mol. The van der Waals surface area contributed by atoms with Crippen molar-refractivity contribution in [3.05, 3.63) is 63.9 Å². The zero-order valence-electron chi connectivity index (χ0n) is 14.9. The standard InChI is InChI=1S/C23H18O2S2/c1-2-25-23(24)21-12-19-15(13-27-21)8-9-17-16-6-3-7-18(16)22-14(11-20(17)19)5-4-10-26-22/h3-12,21H,2,13H2,1H3. The number of rotatable bonds is 2. The maximum Gasteiger partial charge on any atom is 0.323 e. The van der Waals surface area contributed by atoms with E-state index in [4.69, 9.17) is 4.74 Å². The third kappa shape index (κ3) is 2.79. The molecule has 1 aromatic carbocycles. The first-order chi connectivity index (χ1) is 13.3. The van der Waals surface area contributed by atoms with Gasteiger partial charge in [0.15, 0.2) is 0 Å². The van der Waals surface area contributed by atoms with Crippen molar-refractivity contribution in [1.82, 2.24) is 0 Å². The van der Waals surface area contributed by atoms with Gasteiger partial charge in [-0.2, -0.15) is 0 Å². The Morgan fingerprint density at radius 2 is 2.07 bits per heavy atom. The normalized spacial score (nSPS) is 17.7. The highest BCUT2D eigenvalue weighted by Crippen LogP contribution is 2.37. The predicted molar refractivity (Wildman–Crippen MR) is 115 cm³/mol. The van der Waals surface area contributed by atoms with Crippen LogP contribution in [0.1, 0.15) is 12.5 Å². The summed E-state index contributed by atoms with van der Waals surface area (Å²) in [5.74, 6) is 0.685. The van der Waals surface area contributed by atoms with Gasteiger partial charge < -0.3 is 4.74 Å². The van der Waals surface area contributed by atoms with Gasteiger partial charge in [0.05, 0.1) is 6.61 Å². The Labute approximate surface area is 166 Å². The van der Waals surface area contributed by atoms with E-state index in [1.807, 2.05) is 6.92 Å². The Kier molecular flexibility index (Phi) is 4.25. The van der Waals surface area contributed by atoms with E-state index in [1.165, 1.54) is 42.8 Å². The molecule has 2 heterocycles. The monoisotopic (exact) mass is 390 g/mol. The van der Waals surface area contributed by atoms with Gasteiger partial charge in [-0.1, -0.05) is 60.3 Å². The van der Waals surface area contributed by atoms with Crippen LogP contribution >= 0.6 is 23.5 Å². The number of benzene rings is 1. The molecule has 0 aromatic heterocycles. The Morgan fingerprint density at radius 3 is 2.96 bits per heavy atom.